The fourth-order valence-electron chi connectivity index (χ4n) is 2.78. The van der Waals surface area contributed by atoms with Gasteiger partial charge in [-0.25, -0.2) is 15.0 Å². The maximum atomic E-state index is 12.4. The van der Waals surface area contributed by atoms with E-state index in [1.807, 2.05) is 60.1 Å². The van der Waals surface area contributed by atoms with Gasteiger partial charge in [0.1, 0.15) is 5.65 Å². The van der Waals surface area contributed by atoms with Crippen LogP contribution in [0.5, 0.6) is 0 Å². The second-order valence-electron chi connectivity index (χ2n) is 5.96. The number of rotatable bonds is 5. The van der Waals surface area contributed by atoms with Crippen LogP contribution in [0.2, 0.25) is 0 Å². The van der Waals surface area contributed by atoms with Crippen molar-refractivity contribution < 1.29 is 4.79 Å². The first-order valence-electron chi connectivity index (χ1n) is 8.44. The molecular weight excluding hydrogens is 358 g/mol. The van der Waals surface area contributed by atoms with Crippen LogP contribution in [-0.2, 0) is 4.79 Å². The van der Waals surface area contributed by atoms with Crippen molar-refractivity contribution in [3.63, 3.8) is 0 Å². The summed E-state index contributed by atoms with van der Waals surface area (Å²) in [5, 5.41) is 3.55. The summed E-state index contributed by atoms with van der Waals surface area (Å²) in [6.07, 6.45) is 7.26. The number of imidazole rings is 1. The van der Waals surface area contributed by atoms with E-state index in [2.05, 4.69) is 15.3 Å². The molecule has 0 aliphatic rings. The van der Waals surface area contributed by atoms with Crippen LogP contribution in [0.3, 0.4) is 0 Å². The van der Waals surface area contributed by atoms with Gasteiger partial charge >= 0.3 is 0 Å². The first kappa shape index (κ1) is 17.2. The third-order valence-corrected chi connectivity index (χ3v) is 4.90. The molecular formula is C20H17N5OS. The van der Waals surface area contributed by atoms with E-state index in [9.17, 15) is 4.79 Å². The molecule has 0 unspecified atom stereocenters. The van der Waals surface area contributed by atoms with E-state index in [0.29, 0.717) is 5.16 Å². The second kappa shape index (κ2) is 7.59. The molecule has 3 aromatic heterocycles. The third kappa shape index (κ3) is 3.83. The van der Waals surface area contributed by atoms with Crippen LogP contribution < -0.4 is 5.32 Å². The van der Waals surface area contributed by atoms with Crippen LogP contribution in [0.4, 0.5) is 5.69 Å². The number of thioether (sulfide) groups is 1. The molecule has 7 heteroatoms. The number of hydrogen-bond acceptors (Lipinski definition) is 5. The quantitative estimate of drug-likeness (QED) is 0.424. The number of aromatic nitrogens is 4. The Kier molecular flexibility index (Phi) is 4.84. The van der Waals surface area contributed by atoms with E-state index in [1.54, 1.807) is 18.5 Å². The number of aryl methyl sites for hydroxylation is 1. The number of pyridine rings is 1. The molecule has 6 nitrogen and oxygen atoms in total. The Morgan fingerprint density at radius 2 is 1.93 bits per heavy atom. The first-order valence-corrected chi connectivity index (χ1v) is 9.42. The fraction of sp³-hybridized carbons (Fsp3) is 0.100. The predicted molar refractivity (Wildman–Crippen MR) is 107 cm³/mol. The molecule has 4 rings (SSSR count). The summed E-state index contributed by atoms with van der Waals surface area (Å²) in [5.74, 6) is 0.127. The summed E-state index contributed by atoms with van der Waals surface area (Å²) in [6, 6.07) is 13.4. The lowest BCUT2D eigenvalue weighted by Gasteiger charge is -2.09. The molecule has 1 N–H and O–H groups in total. The number of nitrogens with one attached hydrogen (secondary N) is 1. The molecule has 1 aromatic carbocycles. The van der Waals surface area contributed by atoms with Crippen molar-refractivity contribution >= 4 is 29.0 Å². The number of benzene rings is 1. The van der Waals surface area contributed by atoms with Crippen LogP contribution in [-0.4, -0.2) is 31.0 Å². The Morgan fingerprint density at radius 3 is 2.74 bits per heavy atom. The van der Waals surface area contributed by atoms with E-state index in [-0.39, 0.29) is 11.7 Å². The molecule has 1 amide bonds. The molecule has 0 aliphatic carbocycles. The third-order valence-electron chi connectivity index (χ3n) is 4.03. The number of amides is 1. The zero-order chi connectivity index (χ0) is 18.6. The minimum absolute atomic E-state index is 0.111. The lowest BCUT2D eigenvalue weighted by atomic mass is 10.1. The molecule has 27 heavy (non-hydrogen) atoms. The number of para-hydroxylation sites is 1. The second-order valence-corrected chi connectivity index (χ2v) is 6.90. The average Bonchev–Trinajstić information content (AvgIpc) is 3.13. The smallest absolute Gasteiger partial charge is 0.234 e. The molecule has 4 aromatic rings. The van der Waals surface area contributed by atoms with Crippen molar-refractivity contribution in [3.05, 3.63) is 72.8 Å². The highest BCUT2D eigenvalue weighted by Crippen LogP contribution is 2.28. The minimum atomic E-state index is -0.111. The fourth-order valence-corrected chi connectivity index (χ4v) is 3.38. The summed E-state index contributed by atoms with van der Waals surface area (Å²) < 4.78 is 1.99. The van der Waals surface area contributed by atoms with Gasteiger partial charge in [0.05, 0.1) is 17.1 Å². The van der Waals surface area contributed by atoms with Crippen molar-refractivity contribution in [2.75, 3.05) is 11.1 Å². The Balaban J connectivity index is 1.55. The number of carbonyl (C=O) groups is 1. The van der Waals surface area contributed by atoms with Gasteiger partial charge in [-0.05, 0) is 30.7 Å². The van der Waals surface area contributed by atoms with Crippen LogP contribution in [0.1, 0.15) is 5.56 Å². The zero-order valence-electron chi connectivity index (χ0n) is 14.7. The van der Waals surface area contributed by atoms with Crippen molar-refractivity contribution in [2.24, 2.45) is 0 Å². The van der Waals surface area contributed by atoms with E-state index < -0.39 is 0 Å². The van der Waals surface area contributed by atoms with Gasteiger partial charge in [-0.15, -0.1) is 0 Å². The van der Waals surface area contributed by atoms with Crippen LogP contribution >= 0.6 is 11.8 Å². The molecule has 0 aliphatic heterocycles. The molecule has 134 valence electrons. The Hall–Kier alpha value is -3.19. The summed E-state index contributed by atoms with van der Waals surface area (Å²) in [5.41, 5.74) is 4.45. The minimum Gasteiger partial charge on any atom is -0.325 e. The summed E-state index contributed by atoms with van der Waals surface area (Å²) >= 11 is 1.30. The lowest BCUT2D eigenvalue weighted by Crippen LogP contribution is -2.15. The van der Waals surface area contributed by atoms with Gasteiger partial charge in [-0.3, -0.25) is 4.79 Å². The Morgan fingerprint density at radius 1 is 1.11 bits per heavy atom. The average molecular weight is 375 g/mol. The molecule has 0 spiro atoms. The van der Waals surface area contributed by atoms with Gasteiger partial charge < -0.3 is 9.72 Å². The van der Waals surface area contributed by atoms with Gasteiger partial charge in [-0.2, -0.15) is 0 Å². The van der Waals surface area contributed by atoms with Gasteiger partial charge in [0.15, 0.2) is 5.16 Å². The summed E-state index contributed by atoms with van der Waals surface area (Å²) in [7, 11) is 0. The SMILES string of the molecule is Cc1cccn2cc(-c3ccccc3NC(=O)CSc3ncccn3)nc12. The molecule has 0 saturated heterocycles. The molecule has 0 bridgehead atoms. The van der Waals surface area contributed by atoms with Crippen molar-refractivity contribution in [2.45, 2.75) is 12.1 Å². The maximum absolute atomic E-state index is 12.4. The zero-order valence-corrected chi connectivity index (χ0v) is 15.5. The van der Waals surface area contributed by atoms with Crippen molar-refractivity contribution in [1.29, 1.82) is 0 Å². The number of fused-ring (bicyclic) bond motifs is 1. The Bertz CT molecular complexity index is 1090. The Labute approximate surface area is 160 Å². The maximum Gasteiger partial charge on any atom is 0.234 e. The van der Waals surface area contributed by atoms with Crippen LogP contribution in [0, 0.1) is 6.92 Å². The van der Waals surface area contributed by atoms with Crippen LogP contribution in [0.15, 0.2) is 72.4 Å². The standard InChI is InChI=1S/C20H17N5OS/c1-14-6-4-11-25-12-17(24-19(14)25)15-7-2-3-8-16(15)23-18(26)13-27-20-21-9-5-10-22-20/h2-12H,13H2,1H3,(H,23,26). The lowest BCUT2D eigenvalue weighted by molar-refractivity contribution is -0.113. The first-order chi connectivity index (χ1) is 13.2. The molecule has 0 saturated carbocycles. The van der Waals surface area contributed by atoms with Gasteiger partial charge in [0, 0.05) is 30.4 Å². The summed E-state index contributed by atoms with van der Waals surface area (Å²) in [6.45, 7) is 2.03. The predicted octanol–water partition coefficient (Wildman–Crippen LogP) is 3.83. The number of carbonyl (C=O) groups excluding carboxylic acids is 1. The number of nitrogens with zero attached hydrogens (tertiary/aromatic N) is 4. The van der Waals surface area contributed by atoms with Gasteiger partial charge in [0.2, 0.25) is 5.91 Å². The van der Waals surface area contributed by atoms with E-state index in [0.717, 1.165) is 28.2 Å². The monoisotopic (exact) mass is 375 g/mol. The van der Waals surface area contributed by atoms with E-state index >= 15 is 0 Å². The van der Waals surface area contributed by atoms with Gasteiger partial charge in [0.25, 0.3) is 0 Å². The van der Waals surface area contributed by atoms with E-state index in [4.69, 9.17) is 4.98 Å². The van der Waals surface area contributed by atoms with Crippen molar-refractivity contribution in [3.8, 4) is 11.3 Å². The summed E-state index contributed by atoms with van der Waals surface area (Å²) in [4.78, 5) is 25.3. The van der Waals surface area contributed by atoms with E-state index in [1.165, 1.54) is 11.8 Å². The number of hydrogen-bond donors (Lipinski definition) is 1. The number of anilines is 1. The molecule has 0 radical (unpaired) electrons. The molecule has 3 heterocycles. The largest absolute Gasteiger partial charge is 0.325 e. The van der Waals surface area contributed by atoms with Gasteiger partial charge in [-0.1, -0.05) is 36.0 Å². The molecule has 0 fully saturated rings. The normalized spacial score (nSPS) is 10.9. The topological polar surface area (TPSA) is 72.2 Å². The highest BCUT2D eigenvalue weighted by Gasteiger charge is 2.12. The highest BCUT2D eigenvalue weighted by molar-refractivity contribution is 7.99. The van der Waals surface area contributed by atoms with Crippen LogP contribution in [0.25, 0.3) is 16.9 Å². The highest BCUT2D eigenvalue weighted by atomic mass is 32.2. The van der Waals surface area contributed by atoms with Crippen molar-refractivity contribution in [1.82, 2.24) is 19.4 Å². The molecule has 0 atom stereocenters.